The number of benzene rings is 3. The molecule has 0 atom stereocenters. The summed E-state index contributed by atoms with van der Waals surface area (Å²) in [6.45, 7) is 0. The summed E-state index contributed by atoms with van der Waals surface area (Å²) in [7, 11) is 0. The number of pyridine rings is 1. The summed E-state index contributed by atoms with van der Waals surface area (Å²) in [6.07, 6.45) is 0.823. The molecule has 0 saturated carbocycles. The zero-order valence-electron chi connectivity index (χ0n) is 12.4. The van der Waals surface area contributed by atoms with E-state index in [2.05, 4.69) is 36.4 Å². The van der Waals surface area contributed by atoms with Crippen molar-refractivity contribution in [3.8, 4) is 5.75 Å². The van der Waals surface area contributed by atoms with E-state index < -0.39 is 0 Å². The lowest BCUT2D eigenvalue weighted by Gasteiger charge is -2.11. The Labute approximate surface area is 140 Å². The molecule has 3 heteroatoms. The van der Waals surface area contributed by atoms with E-state index in [1.807, 2.05) is 24.3 Å². The summed E-state index contributed by atoms with van der Waals surface area (Å²) in [6, 6.07) is 23.9. The van der Waals surface area contributed by atoms with Gasteiger partial charge in [-0.15, -0.1) is 12.4 Å². The molecule has 23 heavy (non-hydrogen) atoms. The maximum Gasteiger partial charge on any atom is 0.115 e. The Morgan fingerprint density at radius 1 is 0.696 bits per heavy atom. The Morgan fingerprint density at radius 3 is 1.78 bits per heavy atom. The van der Waals surface area contributed by atoms with E-state index in [4.69, 9.17) is 4.98 Å². The SMILES string of the molecule is Cl.Oc1ccc(Cc2c3ccccc3nc3ccccc23)cc1. The number of para-hydroxylation sites is 2. The minimum Gasteiger partial charge on any atom is -0.508 e. The van der Waals surface area contributed by atoms with Gasteiger partial charge in [0.1, 0.15) is 5.75 Å². The second-order valence-corrected chi connectivity index (χ2v) is 5.47. The molecule has 0 amide bonds. The van der Waals surface area contributed by atoms with E-state index >= 15 is 0 Å². The summed E-state index contributed by atoms with van der Waals surface area (Å²) in [4.78, 5) is 4.75. The van der Waals surface area contributed by atoms with E-state index in [-0.39, 0.29) is 12.4 Å². The quantitative estimate of drug-likeness (QED) is 0.521. The van der Waals surface area contributed by atoms with E-state index in [0.717, 1.165) is 17.5 Å². The van der Waals surface area contributed by atoms with Gasteiger partial charge in [-0.25, -0.2) is 4.98 Å². The third-order valence-corrected chi connectivity index (χ3v) is 4.02. The Balaban J connectivity index is 0.00000156. The monoisotopic (exact) mass is 321 g/mol. The van der Waals surface area contributed by atoms with Crippen LogP contribution in [0.2, 0.25) is 0 Å². The van der Waals surface area contributed by atoms with Gasteiger partial charge in [0.25, 0.3) is 0 Å². The van der Waals surface area contributed by atoms with Crippen LogP contribution in [-0.2, 0) is 6.42 Å². The van der Waals surface area contributed by atoms with Gasteiger partial charge in [0, 0.05) is 10.8 Å². The smallest absolute Gasteiger partial charge is 0.115 e. The third-order valence-electron chi connectivity index (χ3n) is 4.02. The number of aromatic nitrogens is 1. The lowest BCUT2D eigenvalue weighted by atomic mass is 9.96. The van der Waals surface area contributed by atoms with Crippen molar-refractivity contribution in [2.45, 2.75) is 6.42 Å². The molecule has 114 valence electrons. The molecule has 1 heterocycles. The van der Waals surface area contributed by atoms with Gasteiger partial charge in [-0.2, -0.15) is 0 Å². The van der Waals surface area contributed by atoms with Gasteiger partial charge in [0.15, 0.2) is 0 Å². The van der Waals surface area contributed by atoms with Crippen molar-refractivity contribution in [3.05, 3.63) is 83.9 Å². The average Bonchev–Trinajstić information content (AvgIpc) is 2.56. The number of fused-ring (bicyclic) bond motifs is 2. The molecule has 3 aromatic carbocycles. The van der Waals surface area contributed by atoms with Crippen molar-refractivity contribution in [2.24, 2.45) is 0 Å². The highest BCUT2D eigenvalue weighted by molar-refractivity contribution is 5.97. The second-order valence-electron chi connectivity index (χ2n) is 5.47. The third kappa shape index (κ3) is 2.86. The van der Waals surface area contributed by atoms with Gasteiger partial charge in [-0.1, -0.05) is 48.5 Å². The standard InChI is InChI=1S/C20H15NO.ClH/c22-15-11-9-14(10-12-15)13-18-16-5-1-3-7-19(16)21-20-8-4-2-6-17(18)20;/h1-12,22H,13H2;1H. The van der Waals surface area contributed by atoms with Crippen LogP contribution in [0.25, 0.3) is 21.8 Å². The minimum atomic E-state index is 0. The van der Waals surface area contributed by atoms with Crippen LogP contribution in [0.5, 0.6) is 5.75 Å². The topological polar surface area (TPSA) is 33.1 Å². The minimum absolute atomic E-state index is 0. The van der Waals surface area contributed by atoms with Crippen molar-refractivity contribution in [1.82, 2.24) is 4.98 Å². The Kier molecular flexibility index (Phi) is 4.18. The van der Waals surface area contributed by atoms with Crippen molar-refractivity contribution >= 4 is 34.2 Å². The molecule has 0 aliphatic rings. The Bertz CT molecular complexity index is 910. The molecule has 4 rings (SSSR count). The molecule has 2 nitrogen and oxygen atoms in total. The summed E-state index contributed by atoms with van der Waals surface area (Å²) in [5.74, 6) is 0.299. The largest absolute Gasteiger partial charge is 0.508 e. The van der Waals surface area contributed by atoms with Crippen molar-refractivity contribution in [2.75, 3.05) is 0 Å². The number of rotatable bonds is 2. The molecule has 1 N–H and O–H groups in total. The van der Waals surface area contributed by atoms with Crippen LogP contribution in [0, 0.1) is 0 Å². The summed E-state index contributed by atoms with van der Waals surface area (Å²) >= 11 is 0. The van der Waals surface area contributed by atoms with Crippen LogP contribution in [-0.4, -0.2) is 10.1 Å². The van der Waals surface area contributed by atoms with Gasteiger partial charge in [-0.05, 0) is 41.8 Å². The molecule has 0 radical (unpaired) electrons. The first-order valence-corrected chi connectivity index (χ1v) is 7.35. The number of hydrogen-bond acceptors (Lipinski definition) is 2. The number of phenolic OH excluding ortho intramolecular Hbond substituents is 1. The van der Waals surface area contributed by atoms with Gasteiger partial charge in [0.05, 0.1) is 11.0 Å². The van der Waals surface area contributed by atoms with Crippen molar-refractivity contribution in [1.29, 1.82) is 0 Å². The lowest BCUT2D eigenvalue weighted by molar-refractivity contribution is 0.475. The Morgan fingerprint density at radius 2 is 1.22 bits per heavy atom. The van der Waals surface area contributed by atoms with E-state index in [1.54, 1.807) is 12.1 Å². The maximum absolute atomic E-state index is 9.46. The van der Waals surface area contributed by atoms with Crippen molar-refractivity contribution < 1.29 is 5.11 Å². The molecule has 4 aromatic rings. The lowest BCUT2D eigenvalue weighted by Crippen LogP contribution is -1.94. The molecular formula is C20H16ClNO. The number of nitrogens with zero attached hydrogens (tertiary/aromatic N) is 1. The first-order chi connectivity index (χ1) is 10.8. The average molecular weight is 322 g/mol. The zero-order valence-corrected chi connectivity index (χ0v) is 13.3. The number of hydrogen-bond donors (Lipinski definition) is 1. The van der Waals surface area contributed by atoms with Gasteiger partial charge >= 0.3 is 0 Å². The van der Waals surface area contributed by atoms with E-state index in [1.165, 1.54) is 21.9 Å². The van der Waals surface area contributed by atoms with Crippen LogP contribution in [0.3, 0.4) is 0 Å². The zero-order chi connectivity index (χ0) is 14.9. The molecule has 0 bridgehead atoms. The van der Waals surface area contributed by atoms with Crippen molar-refractivity contribution in [3.63, 3.8) is 0 Å². The van der Waals surface area contributed by atoms with Crippen LogP contribution >= 0.6 is 12.4 Å². The fraction of sp³-hybridized carbons (Fsp3) is 0.0500. The predicted octanol–water partition coefficient (Wildman–Crippen LogP) is 5.11. The van der Waals surface area contributed by atoms with Crippen LogP contribution in [0.15, 0.2) is 72.8 Å². The fourth-order valence-electron chi connectivity index (χ4n) is 2.94. The summed E-state index contributed by atoms with van der Waals surface area (Å²) in [5.41, 5.74) is 4.51. The molecule has 0 unspecified atom stereocenters. The van der Waals surface area contributed by atoms with Crippen LogP contribution in [0.4, 0.5) is 0 Å². The number of halogens is 1. The first kappa shape index (κ1) is 15.3. The fourth-order valence-corrected chi connectivity index (χ4v) is 2.94. The predicted molar refractivity (Wildman–Crippen MR) is 97.4 cm³/mol. The number of aromatic hydroxyl groups is 1. The van der Waals surface area contributed by atoms with Gasteiger partial charge in [-0.3, -0.25) is 0 Å². The maximum atomic E-state index is 9.46. The summed E-state index contributed by atoms with van der Waals surface area (Å²) in [5, 5.41) is 11.8. The van der Waals surface area contributed by atoms with Crippen LogP contribution in [0.1, 0.15) is 11.1 Å². The van der Waals surface area contributed by atoms with E-state index in [9.17, 15) is 5.11 Å². The molecule has 0 saturated heterocycles. The number of phenols is 1. The highest BCUT2D eigenvalue weighted by atomic mass is 35.5. The van der Waals surface area contributed by atoms with Gasteiger partial charge in [0.2, 0.25) is 0 Å². The van der Waals surface area contributed by atoms with E-state index in [0.29, 0.717) is 5.75 Å². The second kappa shape index (κ2) is 6.27. The molecular weight excluding hydrogens is 306 g/mol. The van der Waals surface area contributed by atoms with Crippen LogP contribution < -0.4 is 0 Å². The molecule has 0 aliphatic carbocycles. The molecule has 0 aliphatic heterocycles. The highest BCUT2D eigenvalue weighted by Gasteiger charge is 2.09. The first-order valence-electron chi connectivity index (χ1n) is 7.35. The Hall–Kier alpha value is -2.58. The molecule has 1 aromatic heterocycles. The molecule has 0 spiro atoms. The van der Waals surface area contributed by atoms with Gasteiger partial charge < -0.3 is 5.11 Å². The summed E-state index contributed by atoms with van der Waals surface area (Å²) < 4.78 is 0. The molecule has 0 fully saturated rings. The highest BCUT2D eigenvalue weighted by Crippen LogP contribution is 2.28. The normalized spacial score (nSPS) is 10.6.